The fraction of sp³-hybridized carbons (Fsp3) is 0.316. The van der Waals surface area contributed by atoms with Gasteiger partial charge in [0.15, 0.2) is 5.78 Å². The van der Waals surface area contributed by atoms with E-state index in [1.807, 2.05) is 37.3 Å². The Kier molecular flexibility index (Phi) is 4.05. The molecule has 3 rings (SSSR count). The normalized spacial score (nSPS) is 14.3. The van der Waals surface area contributed by atoms with Gasteiger partial charge in [-0.15, -0.1) is 0 Å². The number of hydrogen-bond acceptors (Lipinski definition) is 2. The van der Waals surface area contributed by atoms with Crippen LogP contribution in [0.5, 0.6) is 5.75 Å². The number of aryl methyl sites for hydroxylation is 1. The average molecular weight is 280 g/mol. The minimum Gasteiger partial charge on any atom is -0.493 e. The molecule has 0 fully saturated rings. The van der Waals surface area contributed by atoms with Crippen molar-refractivity contribution in [2.75, 3.05) is 6.61 Å². The smallest absolute Gasteiger partial charge is 0.165 e. The van der Waals surface area contributed by atoms with Gasteiger partial charge in [-0.3, -0.25) is 4.79 Å². The number of Topliss-reactive ketones (excluding diaryl/α,β-unsaturated/α-hetero) is 1. The molecule has 108 valence electrons. The molecule has 1 unspecified atom stereocenters. The van der Waals surface area contributed by atoms with Gasteiger partial charge in [-0.2, -0.15) is 0 Å². The summed E-state index contributed by atoms with van der Waals surface area (Å²) in [6.07, 6.45) is 2.82. The summed E-state index contributed by atoms with van der Waals surface area (Å²) in [5.41, 5.74) is 3.41. The zero-order valence-corrected chi connectivity index (χ0v) is 12.3. The molecule has 21 heavy (non-hydrogen) atoms. The summed E-state index contributed by atoms with van der Waals surface area (Å²) in [4.78, 5) is 12.3. The monoisotopic (exact) mass is 280 g/mol. The number of hydrogen-bond donors (Lipinski definition) is 0. The molecule has 0 aliphatic carbocycles. The molecule has 0 aromatic heterocycles. The first-order chi connectivity index (χ1) is 10.2. The third kappa shape index (κ3) is 3.15. The second-order valence-corrected chi connectivity index (χ2v) is 5.71. The molecule has 0 radical (unpaired) electrons. The molecule has 0 N–H and O–H groups in total. The van der Waals surface area contributed by atoms with Crippen LogP contribution in [0.2, 0.25) is 0 Å². The largest absolute Gasteiger partial charge is 0.493 e. The molecule has 0 saturated carbocycles. The van der Waals surface area contributed by atoms with E-state index in [0.717, 1.165) is 37.2 Å². The van der Waals surface area contributed by atoms with Crippen LogP contribution in [0.1, 0.15) is 34.8 Å². The van der Waals surface area contributed by atoms with Gasteiger partial charge in [0.1, 0.15) is 5.75 Å². The van der Waals surface area contributed by atoms with Crippen molar-refractivity contribution in [3.05, 3.63) is 65.2 Å². The zero-order valence-electron chi connectivity index (χ0n) is 12.3. The van der Waals surface area contributed by atoms with E-state index in [0.29, 0.717) is 0 Å². The van der Waals surface area contributed by atoms with Crippen LogP contribution in [0.4, 0.5) is 0 Å². The zero-order chi connectivity index (χ0) is 14.7. The molecule has 2 aromatic carbocycles. The van der Waals surface area contributed by atoms with Crippen molar-refractivity contribution in [2.24, 2.45) is 5.92 Å². The number of ketones is 1. The van der Waals surface area contributed by atoms with Crippen LogP contribution in [0.15, 0.2) is 48.5 Å². The predicted octanol–water partition coefficient (Wildman–Crippen LogP) is 4.07. The summed E-state index contributed by atoms with van der Waals surface area (Å²) in [7, 11) is 0. The number of carbonyl (C=O) groups is 1. The standard InChI is InChI=1S/C19H20O2/c1-14(19(20)16-5-3-2-4-6-16)7-8-15-9-10-18-17(13-15)11-12-21-18/h2-6,9-10,13-14H,7-8,11-12H2,1H3. The predicted molar refractivity (Wildman–Crippen MR) is 83.9 cm³/mol. The Labute approximate surface area is 125 Å². The fourth-order valence-electron chi connectivity index (χ4n) is 2.80. The molecule has 0 bridgehead atoms. The Bertz CT molecular complexity index is 631. The van der Waals surface area contributed by atoms with Gasteiger partial charge in [0, 0.05) is 17.9 Å². The van der Waals surface area contributed by atoms with Crippen LogP contribution >= 0.6 is 0 Å². The first-order valence-electron chi connectivity index (χ1n) is 7.58. The SMILES string of the molecule is CC(CCc1ccc2c(c1)CCO2)C(=O)c1ccccc1. The third-order valence-electron chi connectivity index (χ3n) is 4.13. The van der Waals surface area contributed by atoms with Crippen molar-refractivity contribution in [3.63, 3.8) is 0 Å². The lowest BCUT2D eigenvalue weighted by Gasteiger charge is -2.11. The highest BCUT2D eigenvalue weighted by Crippen LogP contribution is 2.27. The Morgan fingerprint density at radius 2 is 2.00 bits per heavy atom. The van der Waals surface area contributed by atoms with E-state index in [-0.39, 0.29) is 11.7 Å². The summed E-state index contributed by atoms with van der Waals surface area (Å²) in [5, 5.41) is 0. The van der Waals surface area contributed by atoms with Crippen LogP contribution in [0.25, 0.3) is 0 Å². The minimum absolute atomic E-state index is 0.0527. The number of ether oxygens (including phenoxy) is 1. The van der Waals surface area contributed by atoms with Crippen LogP contribution in [-0.4, -0.2) is 12.4 Å². The number of carbonyl (C=O) groups excluding carboxylic acids is 1. The maximum atomic E-state index is 12.3. The molecule has 1 heterocycles. The molecule has 2 nitrogen and oxygen atoms in total. The molecule has 2 aromatic rings. The van der Waals surface area contributed by atoms with Gasteiger partial charge in [0.2, 0.25) is 0 Å². The summed E-state index contributed by atoms with van der Waals surface area (Å²) in [5.74, 6) is 1.31. The van der Waals surface area contributed by atoms with E-state index >= 15 is 0 Å². The van der Waals surface area contributed by atoms with Gasteiger partial charge in [0.05, 0.1) is 6.61 Å². The molecular formula is C19H20O2. The van der Waals surface area contributed by atoms with Gasteiger partial charge in [-0.05, 0) is 30.0 Å². The van der Waals surface area contributed by atoms with Gasteiger partial charge >= 0.3 is 0 Å². The Morgan fingerprint density at radius 1 is 1.19 bits per heavy atom. The highest BCUT2D eigenvalue weighted by atomic mass is 16.5. The second kappa shape index (κ2) is 6.13. The van der Waals surface area contributed by atoms with E-state index < -0.39 is 0 Å². The fourth-order valence-corrected chi connectivity index (χ4v) is 2.80. The Balaban J connectivity index is 1.61. The topological polar surface area (TPSA) is 26.3 Å². The molecule has 0 amide bonds. The van der Waals surface area contributed by atoms with E-state index in [1.54, 1.807) is 0 Å². The quantitative estimate of drug-likeness (QED) is 0.772. The van der Waals surface area contributed by atoms with Gasteiger partial charge in [-0.25, -0.2) is 0 Å². The lowest BCUT2D eigenvalue weighted by molar-refractivity contribution is 0.0924. The average Bonchev–Trinajstić information content (AvgIpc) is 3.00. The summed E-state index contributed by atoms with van der Waals surface area (Å²) >= 11 is 0. The molecule has 1 aliphatic heterocycles. The van der Waals surface area contributed by atoms with E-state index in [4.69, 9.17) is 4.74 Å². The lowest BCUT2D eigenvalue weighted by atomic mass is 9.93. The molecule has 0 saturated heterocycles. The third-order valence-corrected chi connectivity index (χ3v) is 4.13. The maximum Gasteiger partial charge on any atom is 0.165 e. The molecule has 0 spiro atoms. The lowest BCUT2D eigenvalue weighted by Crippen LogP contribution is -2.12. The molecular weight excluding hydrogens is 260 g/mol. The van der Waals surface area contributed by atoms with Gasteiger partial charge < -0.3 is 4.74 Å². The van der Waals surface area contributed by atoms with Crippen molar-refractivity contribution >= 4 is 5.78 Å². The first kappa shape index (κ1) is 13.9. The van der Waals surface area contributed by atoms with Crippen LogP contribution in [0.3, 0.4) is 0 Å². The molecule has 1 aliphatic rings. The van der Waals surface area contributed by atoms with Crippen molar-refractivity contribution in [1.29, 1.82) is 0 Å². The minimum atomic E-state index is 0.0527. The van der Waals surface area contributed by atoms with Gasteiger partial charge in [-0.1, -0.05) is 49.4 Å². The van der Waals surface area contributed by atoms with Crippen molar-refractivity contribution in [3.8, 4) is 5.75 Å². The van der Waals surface area contributed by atoms with Crippen LogP contribution in [-0.2, 0) is 12.8 Å². The van der Waals surface area contributed by atoms with Crippen molar-refractivity contribution < 1.29 is 9.53 Å². The summed E-state index contributed by atoms with van der Waals surface area (Å²) in [6.45, 7) is 2.81. The Morgan fingerprint density at radius 3 is 2.81 bits per heavy atom. The number of benzene rings is 2. The van der Waals surface area contributed by atoms with E-state index in [2.05, 4.69) is 18.2 Å². The maximum absolute atomic E-state index is 12.3. The Hall–Kier alpha value is -2.09. The van der Waals surface area contributed by atoms with Crippen LogP contribution < -0.4 is 4.74 Å². The van der Waals surface area contributed by atoms with Crippen molar-refractivity contribution in [1.82, 2.24) is 0 Å². The first-order valence-corrected chi connectivity index (χ1v) is 7.58. The molecule has 2 heteroatoms. The van der Waals surface area contributed by atoms with E-state index in [9.17, 15) is 4.79 Å². The summed E-state index contributed by atoms with van der Waals surface area (Å²) in [6, 6.07) is 16.0. The highest BCUT2D eigenvalue weighted by Gasteiger charge is 2.16. The van der Waals surface area contributed by atoms with E-state index in [1.165, 1.54) is 11.1 Å². The van der Waals surface area contributed by atoms with Crippen LogP contribution in [0, 0.1) is 5.92 Å². The second-order valence-electron chi connectivity index (χ2n) is 5.71. The molecule has 1 atom stereocenters. The highest BCUT2D eigenvalue weighted by molar-refractivity contribution is 5.97. The van der Waals surface area contributed by atoms with Crippen molar-refractivity contribution in [2.45, 2.75) is 26.2 Å². The number of rotatable bonds is 5. The summed E-state index contributed by atoms with van der Waals surface area (Å²) < 4.78 is 5.52. The number of fused-ring (bicyclic) bond motifs is 1. The van der Waals surface area contributed by atoms with Gasteiger partial charge in [0.25, 0.3) is 0 Å².